The number of fused-ring (bicyclic) bond motifs is 2. The van der Waals surface area contributed by atoms with Crippen molar-refractivity contribution in [1.29, 1.82) is 0 Å². The smallest absolute Gasteiger partial charge is 0.262 e. The summed E-state index contributed by atoms with van der Waals surface area (Å²) in [6.45, 7) is -0.0283. The quantitative estimate of drug-likeness (QED) is 0.511. The number of hydrogen-bond acceptors (Lipinski definition) is 6. The van der Waals surface area contributed by atoms with Crippen molar-refractivity contribution in [2.75, 3.05) is 23.0 Å². The van der Waals surface area contributed by atoms with Gasteiger partial charge in [-0.1, -0.05) is 6.07 Å². The Morgan fingerprint density at radius 2 is 2.07 bits per heavy atom. The molecule has 9 nitrogen and oxygen atoms in total. The fourth-order valence-electron chi connectivity index (χ4n) is 2.82. The van der Waals surface area contributed by atoms with Crippen LogP contribution >= 0.6 is 0 Å². The molecule has 2 heterocycles. The number of carbonyl (C=O) groups excluding carboxylic acids is 2. The Labute approximate surface area is 152 Å². The zero-order valence-corrected chi connectivity index (χ0v) is 14.0. The van der Waals surface area contributed by atoms with Crippen LogP contribution in [0.3, 0.4) is 0 Å². The summed E-state index contributed by atoms with van der Waals surface area (Å²) >= 11 is 0. The van der Waals surface area contributed by atoms with Crippen LogP contribution in [0.2, 0.25) is 0 Å². The first-order valence-electron chi connectivity index (χ1n) is 8.13. The third kappa shape index (κ3) is 3.43. The molecule has 2 aromatic carbocycles. The lowest BCUT2D eigenvalue weighted by Gasteiger charge is -2.18. The summed E-state index contributed by atoms with van der Waals surface area (Å²) in [6, 6.07) is 9.86. The standard InChI is InChI=1S/C18H15N5O4/c19-10-2-3-12-11(7-10)17(26)23-18(21-12)22-15(24)6-9-1-4-14-13(5-9)20-16(25)8-27-14/h1-5,7H,6,8,19H2,(H,20,25)(H2,21,22,23,24,26). The molecule has 5 N–H and O–H groups in total. The van der Waals surface area contributed by atoms with E-state index in [0.29, 0.717) is 33.6 Å². The van der Waals surface area contributed by atoms with E-state index < -0.39 is 5.56 Å². The molecule has 0 saturated heterocycles. The van der Waals surface area contributed by atoms with Gasteiger partial charge in [-0.15, -0.1) is 0 Å². The van der Waals surface area contributed by atoms with E-state index in [0.717, 1.165) is 0 Å². The van der Waals surface area contributed by atoms with Crippen molar-refractivity contribution in [3.05, 3.63) is 52.3 Å². The molecule has 0 aliphatic carbocycles. The number of amides is 2. The van der Waals surface area contributed by atoms with Crippen LogP contribution in [0.1, 0.15) is 5.56 Å². The number of H-pyrrole nitrogens is 1. The fourth-order valence-corrected chi connectivity index (χ4v) is 2.82. The molecule has 4 rings (SSSR count). The molecule has 0 radical (unpaired) electrons. The normalized spacial score (nSPS) is 12.8. The van der Waals surface area contributed by atoms with Gasteiger partial charge in [0.1, 0.15) is 5.75 Å². The highest BCUT2D eigenvalue weighted by Gasteiger charge is 2.17. The van der Waals surface area contributed by atoms with Gasteiger partial charge in [-0.2, -0.15) is 0 Å². The molecule has 0 saturated carbocycles. The van der Waals surface area contributed by atoms with Gasteiger partial charge in [-0.25, -0.2) is 4.98 Å². The van der Waals surface area contributed by atoms with Crippen molar-refractivity contribution in [3.63, 3.8) is 0 Å². The SMILES string of the molecule is Nc1ccc2nc(NC(=O)Cc3ccc4c(c3)NC(=O)CO4)[nH]c(=O)c2c1. The Balaban J connectivity index is 1.52. The number of hydrogen-bond donors (Lipinski definition) is 4. The Bertz CT molecular complexity index is 1140. The third-order valence-electron chi connectivity index (χ3n) is 4.03. The molecular formula is C18H15N5O4. The first kappa shape index (κ1) is 16.6. The molecule has 9 heteroatoms. The van der Waals surface area contributed by atoms with Crippen molar-refractivity contribution >= 4 is 40.0 Å². The van der Waals surface area contributed by atoms with Crippen LogP contribution in [-0.2, 0) is 16.0 Å². The van der Waals surface area contributed by atoms with Crippen LogP contribution in [-0.4, -0.2) is 28.4 Å². The number of rotatable bonds is 3. The molecule has 2 amide bonds. The number of nitrogens with one attached hydrogen (secondary N) is 3. The number of benzene rings is 2. The first-order chi connectivity index (χ1) is 13.0. The monoisotopic (exact) mass is 365 g/mol. The summed E-state index contributed by atoms with van der Waals surface area (Å²) in [4.78, 5) is 42.6. The molecule has 0 fully saturated rings. The molecule has 1 aliphatic heterocycles. The van der Waals surface area contributed by atoms with E-state index in [4.69, 9.17) is 10.5 Å². The second kappa shape index (κ2) is 6.45. The van der Waals surface area contributed by atoms with Crippen LogP contribution in [0.15, 0.2) is 41.2 Å². The molecule has 0 bridgehead atoms. The van der Waals surface area contributed by atoms with Crippen LogP contribution in [0.25, 0.3) is 10.9 Å². The predicted molar refractivity (Wildman–Crippen MR) is 99.7 cm³/mol. The number of aromatic nitrogens is 2. The molecule has 3 aromatic rings. The van der Waals surface area contributed by atoms with Gasteiger partial charge in [-0.05, 0) is 35.9 Å². The number of aromatic amines is 1. The largest absolute Gasteiger partial charge is 0.482 e. The minimum Gasteiger partial charge on any atom is -0.482 e. The van der Waals surface area contributed by atoms with E-state index in [1.54, 1.807) is 30.3 Å². The second-order valence-corrected chi connectivity index (χ2v) is 6.08. The van der Waals surface area contributed by atoms with Crippen LogP contribution in [0.5, 0.6) is 5.75 Å². The maximum Gasteiger partial charge on any atom is 0.262 e. The fraction of sp³-hybridized carbons (Fsp3) is 0.111. The summed E-state index contributed by atoms with van der Waals surface area (Å²) in [5, 5.41) is 5.61. The first-order valence-corrected chi connectivity index (χ1v) is 8.13. The van der Waals surface area contributed by atoms with E-state index in [-0.39, 0.29) is 30.8 Å². The number of nitrogen functional groups attached to an aromatic ring is 1. The van der Waals surface area contributed by atoms with Crippen molar-refractivity contribution in [2.45, 2.75) is 6.42 Å². The minimum atomic E-state index is -0.392. The van der Waals surface area contributed by atoms with Gasteiger partial charge in [0, 0.05) is 5.69 Å². The van der Waals surface area contributed by atoms with Crippen LogP contribution < -0.4 is 26.7 Å². The summed E-state index contributed by atoms with van der Waals surface area (Å²) in [7, 11) is 0. The average molecular weight is 365 g/mol. The van der Waals surface area contributed by atoms with Crippen molar-refractivity contribution < 1.29 is 14.3 Å². The highest BCUT2D eigenvalue weighted by atomic mass is 16.5. The number of nitrogens with zero attached hydrogens (tertiary/aromatic N) is 1. The number of ether oxygens (including phenoxy) is 1. The maximum atomic E-state index is 12.3. The molecule has 136 valence electrons. The third-order valence-corrected chi connectivity index (χ3v) is 4.03. The molecule has 1 aromatic heterocycles. The van der Waals surface area contributed by atoms with Gasteiger partial charge >= 0.3 is 0 Å². The van der Waals surface area contributed by atoms with Gasteiger partial charge in [0.05, 0.1) is 23.0 Å². The summed E-state index contributed by atoms with van der Waals surface area (Å²) in [5.74, 6) is -0.00551. The lowest BCUT2D eigenvalue weighted by Crippen LogP contribution is -2.25. The number of nitrogens with two attached hydrogens (primary N) is 1. The van der Waals surface area contributed by atoms with E-state index in [1.807, 2.05) is 0 Å². The van der Waals surface area contributed by atoms with E-state index >= 15 is 0 Å². The van der Waals surface area contributed by atoms with Gasteiger partial charge < -0.3 is 15.8 Å². The molecule has 1 aliphatic rings. The van der Waals surface area contributed by atoms with Crippen molar-refractivity contribution in [2.24, 2.45) is 0 Å². The van der Waals surface area contributed by atoms with Gasteiger partial charge in [0.25, 0.3) is 11.5 Å². The molecule has 0 spiro atoms. The van der Waals surface area contributed by atoms with Crippen LogP contribution in [0.4, 0.5) is 17.3 Å². The Hall–Kier alpha value is -3.88. The zero-order valence-electron chi connectivity index (χ0n) is 14.0. The van der Waals surface area contributed by atoms with E-state index in [9.17, 15) is 14.4 Å². The van der Waals surface area contributed by atoms with Gasteiger partial charge in [0.15, 0.2) is 6.61 Å². The minimum absolute atomic E-state index is 0.0283. The number of anilines is 3. The summed E-state index contributed by atoms with van der Waals surface area (Å²) < 4.78 is 5.28. The van der Waals surface area contributed by atoms with E-state index in [1.165, 1.54) is 6.07 Å². The van der Waals surface area contributed by atoms with Crippen molar-refractivity contribution in [3.8, 4) is 5.75 Å². The maximum absolute atomic E-state index is 12.3. The lowest BCUT2D eigenvalue weighted by atomic mass is 10.1. The topological polar surface area (TPSA) is 139 Å². The lowest BCUT2D eigenvalue weighted by molar-refractivity contribution is -0.118. The number of carbonyl (C=O) groups is 2. The van der Waals surface area contributed by atoms with Gasteiger partial charge in [-0.3, -0.25) is 24.7 Å². The molecular weight excluding hydrogens is 350 g/mol. The second-order valence-electron chi connectivity index (χ2n) is 6.08. The highest BCUT2D eigenvalue weighted by molar-refractivity contribution is 5.96. The van der Waals surface area contributed by atoms with E-state index in [2.05, 4.69) is 20.6 Å². The van der Waals surface area contributed by atoms with Gasteiger partial charge in [0.2, 0.25) is 11.9 Å². The zero-order chi connectivity index (χ0) is 19.0. The molecule has 27 heavy (non-hydrogen) atoms. The summed E-state index contributed by atoms with van der Waals surface area (Å²) in [6.07, 6.45) is 0.0344. The Morgan fingerprint density at radius 3 is 2.93 bits per heavy atom. The molecule has 0 unspecified atom stereocenters. The Morgan fingerprint density at radius 1 is 1.22 bits per heavy atom. The summed E-state index contributed by atoms with van der Waals surface area (Å²) in [5.41, 5.74) is 7.35. The Kier molecular flexibility index (Phi) is 3.96. The van der Waals surface area contributed by atoms with Crippen LogP contribution in [0, 0.1) is 0 Å². The predicted octanol–water partition coefficient (Wildman–Crippen LogP) is 1.02. The highest BCUT2D eigenvalue weighted by Crippen LogP contribution is 2.28. The van der Waals surface area contributed by atoms with Crippen molar-refractivity contribution in [1.82, 2.24) is 9.97 Å². The molecule has 0 atom stereocenters. The average Bonchev–Trinajstić information content (AvgIpc) is 2.62.